The molecule has 0 heterocycles. The van der Waals surface area contributed by atoms with Crippen LogP contribution in [0, 0.1) is 11.6 Å². The Labute approximate surface area is 107 Å². The normalized spacial score (nSPS) is 13.5. The fraction of sp³-hybridized carbons (Fsp3) is 0.273. The predicted molar refractivity (Wildman–Crippen MR) is 61.6 cm³/mol. The second-order valence-corrected chi connectivity index (χ2v) is 3.99. The Morgan fingerprint density at radius 1 is 1.37 bits per heavy atom. The standard InChI is InChI=1S/C11H12F2N2O4/c1-11(19,9(16)17)5-14-10(18)15-7-4-2-3-6(12)8(7)13/h2-4,19H,5H2,1H3,(H,16,17)(H2,14,15,18). The van der Waals surface area contributed by atoms with E-state index in [1.807, 2.05) is 10.6 Å². The van der Waals surface area contributed by atoms with Gasteiger partial charge >= 0.3 is 12.0 Å². The Hall–Kier alpha value is -2.22. The molecule has 8 heteroatoms. The summed E-state index contributed by atoms with van der Waals surface area (Å²) in [5.41, 5.74) is -2.55. The van der Waals surface area contributed by atoms with Gasteiger partial charge in [-0.25, -0.2) is 18.4 Å². The summed E-state index contributed by atoms with van der Waals surface area (Å²) in [5.74, 6) is -3.89. The van der Waals surface area contributed by atoms with Gasteiger partial charge in [0.15, 0.2) is 17.2 Å². The molecule has 0 aliphatic rings. The first kappa shape index (κ1) is 14.8. The van der Waals surface area contributed by atoms with Crippen LogP contribution in [0.25, 0.3) is 0 Å². The maximum absolute atomic E-state index is 13.2. The van der Waals surface area contributed by atoms with Crippen LogP contribution in [0.1, 0.15) is 6.92 Å². The minimum absolute atomic E-state index is 0.396. The average molecular weight is 274 g/mol. The molecule has 2 amide bonds. The van der Waals surface area contributed by atoms with Crippen molar-refractivity contribution in [1.29, 1.82) is 0 Å². The first-order valence-corrected chi connectivity index (χ1v) is 5.18. The molecule has 0 aliphatic carbocycles. The molecule has 0 radical (unpaired) electrons. The van der Waals surface area contributed by atoms with Crippen molar-refractivity contribution < 1.29 is 28.6 Å². The molecule has 0 aromatic heterocycles. The maximum Gasteiger partial charge on any atom is 0.337 e. The lowest BCUT2D eigenvalue weighted by molar-refractivity contribution is -0.155. The van der Waals surface area contributed by atoms with Crippen molar-refractivity contribution in [2.24, 2.45) is 0 Å². The molecule has 1 unspecified atom stereocenters. The molecule has 0 saturated carbocycles. The molecule has 1 rings (SSSR count). The van der Waals surface area contributed by atoms with Crippen LogP contribution in [0.15, 0.2) is 18.2 Å². The van der Waals surface area contributed by atoms with Gasteiger partial charge in [-0.15, -0.1) is 0 Å². The van der Waals surface area contributed by atoms with Gasteiger partial charge in [-0.1, -0.05) is 6.07 Å². The van der Waals surface area contributed by atoms with Gasteiger partial charge in [0.2, 0.25) is 0 Å². The Bertz CT molecular complexity index is 505. The van der Waals surface area contributed by atoms with E-state index in [0.29, 0.717) is 0 Å². The summed E-state index contributed by atoms with van der Waals surface area (Å²) in [7, 11) is 0. The summed E-state index contributed by atoms with van der Waals surface area (Å²) in [4.78, 5) is 21.9. The Kier molecular flexibility index (Phi) is 4.38. The third-order valence-electron chi connectivity index (χ3n) is 2.25. The van der Waals surface area contributed by atoms with Gasteiger partial charge in [0.25, 0.3) is 0 Å². The van der Waals surface area contributed by atoms with E-state index >= 15 is 0 Å². The quantitative estimate of drug-likeness (QED) is 0.656. The van der Waals surface area contributed by atoms with Gasteiger partial charge < -0.3 is 20.8 Å². The van der Waals surface area contributed by atoms with Crippen LogP contribution in [0.3, 0.4) is 0 Å². The SMILES string of the molecule is CC(O)(CNC(=O)Nc1cccc(F)c1F)C(=O)O. The van der Waals surface area contributed by atoms with Crippen molar-refractivity contribution in [2.75, 3.05) is 11.9 Å². The first-order valence-electron chi connectivity index (χ1n) is 5.18. The molecule has 4 N–H and O–H groups in total. The van der Waals surface area contributed by atoms with Crippen molar-refractivity contribution in [3.8, 4) is 0 Å². The number of anilines is 1. The number of carboxylic acid groups (broad SMARTS) is 1. The van der Waals surface area contributed by atoms with E-state index in [0.717, 1.165) is 19.1 Å². The van der Waals surface area contributed by atoms with Crippen LogP contribution in [-0.4, -0.2) is 34.4 Å². The molecule has 0 spiro atoms. The van der Waals surface area contributed by atoms with Crippen LogP contribution in [0.2, 0.25) is 0 Å². The number of amides is 2. The van der Waals surface area contributed by atoms with Gasteiger partial charge in [0.1, 0.15) is 0 Å². The van der Waals surface area contributed by atoms with E-state index < -0.39 is 41.5 Å². The lowest BCUT2D eigenvalue weighted by Gasteiger charge is -2.18. The molecule has 19 heavy (non-hydrogen) atoms. The molecule has 0 bridgehead atoms. The van der Waals surface area contributed by atoms with Crippen LogP contribution < -0.4 is 10.6 Å². The number of urea groups is 1. The van der Waals surface area contributed by atoms with Gasteiger partial charge in [-0.3, -0.25) is 0 Å². The summed E-state index contributed by atoms with van der Waals surface area (Å²) >= 11 is 0. The monoisotopic (exact) mass is 274 g/mol. The summed E-state index contributed by atoms with van der Waals surface area (Å²) < 4.78 is 26.0. The van der Waals surface area contributed by atoms with E-state index in [4.69, 9.17) is 5.11 Å². The number of nitrogens with one attached hydrogen (secondary N) is 2. The minimum atomic E-state index is -2.15. The molecular weight excluding hydrogens is 262 g/mol. The highest BCUT2D eigenvalue weighted by atomic mass is 19.2. The van der Waals surface area contributed by atoms with Crippen LogP contribution >= 0.6 is 0 Å². The van der Waals surface area contributed by atoms with E-state index in [-0.39, 0.29) is 0 Å². The largest absolute Gasteiger partial charge is 0.479 e. The van der Waals surface area contributed by atoms with Crippen molar-refractivity contribution >= 4 is 17.7 Å². The second kappa shape index (κ2) is 5.61. The highest BCUT2D eigenvalue weighted by molar-refractivity contribution is 5.90. The molecule has 1 aromatic carbocycles. The summed E-state index contributed by atoms with van der Waals surface area (Å²) in [6.07, 6.45) is 0. The first-order chi connectivity index (χ1) is 8.74. The highest BCUT2D eigenvalue weighted by Gasteiger charge is 2.30. The Morgan fingerprint density at radius 3 is 2.58 bits per heavy atom. The Morgan fingerprint density at radius 2 is 2.00 bits per heavy atom. The summed E-state index contributed by atoms with van der Waals surface area (Å²) in [5, 5.41) is 21.9. The zero-order valence-corrected chi connectivity index (χ0v) is 9.91. The fourth-order valence-electron chi connectivity index (χ4n) is 1.09. The molecule has 0 aliphatic heterocycles. The van der Waals surface area contributed by atoms with Crippen molar-refractivity contribution in [3.63, 3.8) is 0 Å². The lowest BCUT2D eigenvalue weighted by atomic mass is 10.1. The van der Waals surface area contributed by atoms with E-state index in [2.05, 4.69) is 0 Å². The molecule has 104 valence electrons. The van der Waals surface area contributed by atoms with Crippen LogP contribution in [0.5, 0.6) is 0 Å². The average Bonchev–Trinajstić information content (AvgIpc) is 2.32. The van der Waals surface area contributed by atoms with Crippen LogP contribution in [0.4, 0.5) is 19.3 Å². The molecule has 1 aromatic rings. The maximum atomic E-state index is 13.2. The number of aliphatic carboxylic acids is 1. The number of benzene rings is 1. The summed E-state index contributed by atoms with van der Waals surface area (Å²) in [6, 6.07) is 2.24. The number of carbonyl (C=O) groups is 2. The van der Waals surface area contributed by atoms with Crippen molar-refractivity contribution in [2.45, 2.75) is 12.5 Å². The van der Waals surface area contributed by atoms with E-state index in [1.54, 1.807) is 0 Å². The van der Waals surface area contributed by atoms with Crippen molar-refractivity contribution in [1.82, 2.24) is 5.32 Å². The third-order valence-corrected chi connectivity index (χ3v) is 2.25. The van der Waals surface area contributed by atoms with Crippen molar-refractivity contribution in [3.05, 3.63) is 29.8 Å². The molecule has 1 atom stereocenters. The predicted octanol–water partition coefficient (Wildman–Crippen LogP) is 0.922. The van der Waals surface area contributed by atoms with Gasteiger partial charge in [-0.05, 0) is 19.1 Å². The fourth-order valence-corrected chi connectivity index (χ4v) is 1.09. The number of carbonyl (C=O) groups excluding carboxylic acids is 1. The molecule has 0 fully saturated rings. The number of hydrogen-bond acceptors (Lipinski definition) is 3. The van der Waals surface area contributed by atoms with Gasteiger partial charge in [0.05, 0.1) is 12.2 Å². The van der Waals surface area contributed by atoms with Crippen LogP contribution in [-0.2, 0) is 4.79 Å². The zero-order chi connectivity index (χ0) is 14.6. The van der Waals surface area contributed by atoms with E-state index in [9.17, 15) is 23.5 Å². The highest BCUT2D eigenvalue weighted by Crippen LogP contribution is 2.16. The topological polar surface area (TPSA) is 98.7 Å². The van der Waals surface area contributed by atoms with Gasteiger partial charge in [0, 0.05) is 0 Å². The Balaban J connectivity index is 2.62. The minimum Gasteiger partial charge on any atom is -0.479 e. The smallest absolute Gasteiger partial charge is 0.337 e. The van der Waals surface area contributed by atoms with Gasteiger partial charge in [-0.2, -0.15) is 0 Å². The summed E-state index contributed by atoms with van der Waals surface area (Å²) in [6.45, 7) is 0.392. The third kappa shape index (κ3) is 3.88. The number of carboxylic acids is 1. The number of rotatable bonds is 4. The number of hydrogen-bond donors (Lipinski definition) is 4. The molecular formula is C11H12F2N2O4. The number of aliphatic hydroxyl groups is 1. The lowest BCUT2D eigenvalue weighted by Crippen LogP contribution is -2.47. The molecule has 0 saturated heterocycles. The number of halogens is 2. The van der Waals surface area contributed by atoms with E-state index in [1.165, 1.54) is 6.07 Å². The second-order valence-electron chi connectivity index (χ2n) is 3.99. The zero-order valence-electron chi connectivity index (χ0n) is 9.91. The molecule has 6 nitrogen and oxygen atoms in total.